The first-order valence-electron chi connectivity index (χ1n) is 8.38. The van der Waals surface area contributed by atoms with Crippen LogP contribution >= 0.6 is 0 Å². The molecule has 1 fully saturated rings. The van der Waals surface area contributed by atoms with E-state index in [1.165, 1.54) is 12.0 Å². The van der Waals surface area contributed by atoms with E-state index in [2.05, 4.69) is 49.9 Å². The first-order chi connectivity index (χ1) is 10.2. The van der Waals surface area contributed by atoms with Gasteiger partial charge in [0.2, 0.25) is 0 Å². The Morgan fingerprint density at radius 2 is 2.00 bits per heavy atom. The minimum Gasteiger partial charge on any atom is -0.494 e. The van der Waals surface area contributed by atoms with Gasteiger partial charge in [0.15, 0.2) is 0 Å². The number of rotatable bonds is 6. The predicted octanol–water partition coefficient (Wildman–Crippen LogP) is 3.60. The average molecular weight is 290 g/mol. The van der Waals surface area contributed by atoms with Crippen LogP contribution in [0, 0.1) is 5.92 Å². The minimum absolute atomic E-state index is 0.378. The van der Waals surface area contributed by atoms with E-state index < -0.39 is 0 Å². The molecular weight excluding hydrogens is 260 g/mol. The van der Waals surface area contributed by atoms with Crippen molar-refractivity contribution in [1.82, 2.24) is 4.90 Å². The highest BCUT2D eigenvalue weighted by Gasteiger charge is 2.28. The molecule has 0 amide bonds. The summed E-state index contributed by atoms with van der Waals surface area (Å²) >= 11 is 0. The van der Waals surface area contributed by atoms with Gasteiger partial charge in [0.25, 0.3) is 0 Å². The van der Waals surface area contributed by atoms with E-state index in [1.807, 2.05) is 0 Å². The largest absolute Gasteiger partial charge is 0.494 e. The van der Waals surface area contributed by atoms with E-state index in [4.69, 9.17) is 10.5 Å². The standard InChI is InChI=1S/C18H30N2O/c1-4-12-21-17-8-6-16(7-9-17)14(3)20-11-10-18(19)15(5-2)13-20/h6-9,14-15,18H,4-5,10-13,19H2,1-3H3. The van der Waals surface area contributed by atoms with Gasteiger partial charge in [0.1, 0.15) is 5.75 Å². The van der Waals surface area contributed by atoms with Crippen LogP contribution in [-0.4, -0.2) is 30.6 Å². The quantitative estimate of drug-likeness (QED) is 0.870. The van der Waals surface area contributed by atoms with E-state index >= 15 is 0 Å². The fourth-order valence-electron chi connectivity index (χ4n) is 3.14. The second kappa shape index (κ2) is 7.81. The molecule has 3 nitrogen and oxygen atoms in total. The molecule has 21 heavy (non-hydrogen) atoms. The maximum absolute atomic E-state index is 6.21. The highest BCUT2D eigenvalue weighted by molar-refractivity contribution is 5.29. The van der Waals surface area contributed by atoms with Crippen molar-refractivity contribution in [3.8, 4) is 5.75 Å². The van der Waals surface area contributed by atoms with Crippen molar-refractivity contribution in [3.63, 3.8) is 0 Å². The Hall–Kier alpha value is -1.06. The molecular formula is C18H30N2O. The predicted molar refractivity (Wildman–Crippen MR) is 88.6 cm³/mol. The van der Waals surface area contributed by atoms with Crippen LogP contribution in [0.4, 0.5) is 0 Å². The van der Waals surface area contributed by atoms with Crippen molar-refractivity contribution in [2.75, 3.05) is 19.7 Å². The Kier molecular flexibility index (Phi) is 6.07. The zero-order valence-electron chi connectivity index (χ0n) is 13.7. The lowest BCUT2D eigenvalue weighted by Gasteiger charge is -2.40. The summed E-state index contributed by atoms with van der Waals surface area (Å²) in [6.07, 6.45) is 3.33. The lowest BCUT2D eigenvalue weighted by molar-refractivity contribution is 0.114. The average Bonchev–Trinajstić information content (AvgIpc) is 2.53. The summed E-state index contributed by atoms with van der Waals surface area (Å²) in [7, 11) is 0. The molecule has 1 aromatic rings. The number of piperidine rings is 1. The fourth-order valence-corrected chi connectivity index (χ4v) is 3.14. The van der Waals surface area contributed by atoms with Gasteiger partial charge in [0, 0.05) is 25.2 Å². The molecule has 3 unspecified atom stereocenters. The van der Waals surface area contributed by atoms with E-state index in [1.54, 1.807) is 0 Å². The monoisotopic (exact) mass is 290 g/mol. The third kappa shape index (κ3) is 4.21. The van der Waals surface area contributed by atoms with Crippen molar-refractivity contribution in [1.29, 1.82) is 0 Å². The van der Waals surface area contributed by atoms with Crippen molar-refractivity contribution in [3.05, 3.63) is 29.8 Å². The topological polar surface area (TPSA) is 38.5 Å². The van der Waals surface area contributed by atoms with E-state index in [-0.39, 0.29) is 0 Å². The first-order valence-corrected chi connectivity index (χ1v) is 8.38. The van der Waals surface area contributed by atoms with Gasteiger partial charge >= 0.3 is 0 Å². The highest BCUT2D eigenvalue weighted by Crippen LogP contribution is 2.28. The Morgan fingerprint density at radius 3 is 2.62 bits per heavy atom. The molecule has 0 aromatic heterocycles. The van der Waals surface area contributed by atoms with Crippen LogP contribution in [-0.2, 0) is 0 Å². The lowest BCUT2D eigenvalue weighted by Crippen LogP contribution is -2.47. The number of nitrogens with zero attached hydrogens (tertiary/aromatic N) is 1. The van der Waals surface area contributed by atoms with Crippen molar-refractivity contribution >= 4 is 0 Å². The third-order valence-electron chi connectivity index (χ3n) is 4.73. The van der Waals surface area contributed by atoms with Gasteiger partial charge in [-0.05, 0) is 43.4 Å². The number of ether oxygens (including phenoxy) is 1. The minimum atomic E-state index is 0.378. The van der Waals surface area contributed by atoms with Gasteiger partial charge < -0.3 is 10.5 Å². The molecule has 1 heterocycles. The Morgan fingerprint density at radius 1 is 1.29 bits per heavy atom. The number of benzene rings is 1. The fraction of sp³-hybridized carbons (Fsp3) is 0.667. The Labute approximate surface area is 129 Å². The summed E-state index contributed by atoms with van der Waals surface area (Å²) in [5.74, 6) is 1.60. The van der Waals surface area contributed by atoms with Crippen LogP contribution in [0.25, 0.3) is 0 Å². The normalized spacial score (nSPS) is 24.8. The van der Waals surface area contributed by atoms with E-state index in [9.17, 15) is 0 Å². The second-order valence-corrected chi connectivity index (χ2v) is 6.21. The van der Waals surface area contributed by atoms with Gasteiger partial charge in [-0.15, -0.1) is 0 Å². The van der Waals surface area contributed by atoms with E-state index in [0.717, 1.165) is 38.3 Å². The van der Waals surface area contributed by atoms with Crippen molar-refractivity contribution < 1.29 is 4.74 Å². The van der Waals surface area contributed by atoms with Crippen molar-refractivity contribution in [2.24, 2.45) is 11.7 Å². The summed E-state index contributed by atoms with van der Waals surface area (Å²) < 4.78 is 5.65. The number of hydrogen-bond acceptors (Lipinski definition) is 3. The SMILES string of the molecule is CCCOc1ccc(C(C)N2CCC(N)C(CC)C2)cc1. The van der Waals surface area contributed by atoms with Gasteiger partial charge in [-0.3, -0.25) is 4.90 Å². The highest BCUT2D eigenvalue weighted by atomic mass is 16.5. The maximum Gasteiger partial charge on any atom is 0.119 e. The molecule has 3 heteroatoms. The summed E-state index contributed by atoms with van der Waals surface area (Å²) in [5.41, 5.74) is 7.58. The number of nitrogens with two attached hydrogens (primary N) is 1. The smallest absolute Gasteiger partial charge is 0.119 e. The van der Waals surface area contributed by atoms with Gasteiger partial charge in [-0.2, -0.15) is 0 Å². The Balaban J connectivity index is 1.97. The summed E-state index contributed by atoms with van der Waals surface area (Å²) in [6.45, 7) is 9.68. The zero-order valence-corrected chi connectivity index (χ0v) is 13.7. The molecule has 3 atom stereocenters. The molecule has 1 aromatic carbocycles. The van der Waals surface area contributed by atoms with Crippen LogP contribution < -0.4 is 10.5 Å². The number of hydrogen-bond donors (Lipinski definition) is 1. The molecule has 1 saturated heterocycles. The molecule has 0 bridgehead atoms. The third-order valence-corrected chi connectivity index (χ3v) is 4.73. The lowest BCUT2D eigenvalue weighted by atomic mass is 9.89. The molecule has 0 aliphatic carbocycles. The second-order valence-electron chi connectivity index (χ2n) is 6.21. The van der Waals surface area contributed by atoms with Crippen LogP contribution in [0.3, 0.4) is 0 Å². The molecule has 2 rings (SSSR count). The van der Waals surface area contributed by atoms with Crippen molar-refractivity contribution in [2.45, 2.75) is 52.1 Å². The van der Waals surface area contributed by atoms with Gasteiger partial charge in [-0.1, -0.05) is 32.4 Å². The van der Waals surface area contributed by atoms with E-state index in [0.29, 0.717) is 18.0 Å². The van der Waals surface area contributed by atoms with Crippen LogP contribution in [0.1, 0.15) is 51.6 Å². The van der Waals surface area contributed by atoms with Gasteiger partial charge in [-0.25, -0.2) is 0 Å². The first kappa shape index (κ1) is 16.3. The van der Waals surface area contributed by atoms with Gasteiger partial charge in [0.05, 0.1) is 6.61 Å². The summed E-state index contributed by atoms with van der Waals surface area (Å²) in [5, 5.41) is 0. The molecule has 0 spiro atoms. The molecule has 0 saturated carbocycles. The summed E-state index contributed by atoms with van der Waals surface area (Å²) in [6, 6.07) is 9.41. The summed E-state index contributed by atoms with van der Waals surface area (Å²) in [4.78, 5) is 2.57. The zero-order chi connectivity index (χ0) is 15.2. The maximum atomic E-state index is 6.21. The molecule has 2 N–H and O–H groups in total. The van der Waals surface area contributed by atoms with Crippen LogP contribution in [0.2, 0.25) is 0 Å². The molecule has 1 aliphatic rings. The molecule has 1 aliphatic heterocycles. The molecule has 0 radical (unpaired) electrons. The van der Waals surface area contributed by atoms with Crippen LogP contribution in [0.5, 0.6) is 5.75 Å². The molecule has 118 valence electrons. The Bertz CT molecular complexity index is 418. The van der Waals surface area contributed by atoms with Crippen LogP contribution in [0.15, 0.2) is 24.3 Å². The number of likely N-dealkylation sites (tertiary alicyclic amines) is 1.